The summed E-state index contributed by atoms with van der Waals surface area (Å²) in [5.41, 5.74) is 5.14. The lowest BCUT2D eigenvalue weighted by molar-refractivity contribution is -0.116. The minimum absolute atomic E-state index is 0.229. The molecule has 2 heterocycles. The molecule has 0 atom stereocenters. The Bertz CT molecular complexity index is 1270. The van der Waals surface area contributed by atoms with Gasteiger partial charge in [0, 0.05) is 22.8 Å². The van der Waals surface area contributed by atoms with Crippen molar-refractivity contribution in [1.29, 1.82) is 0 Å². The monoisotopic (exact) mass is 414 g/mol. The maximum Gasteiger partial charge on any atom is 0.280 e. The maximum absolute atomic E-state index is 12.6. The molecule has 1 aliphatic rings. The average molecular weight is 414 g/mol. The molecular weight excluding hydrogens is 396 g/mol. The van der Waals surface area contributed by atoms with E-state index in [9.17, 15) is 9.59 Å². The lowest BCUT2D eigenvalue weighted by Crippen LogP contribution is -2.35. The van der Waals surface area contributed by atoms with Crippen molar-refractivity contribution in [1.82, 2.24) is 9.66 Å². The molecule has 0 saturated carbocycles. The van der Waals surface area contributed by atoms with Crippen LogP contribution in [0.4, 0.5) is 11.4 Å². The van der Waals surface area contributed by atoms with Crippen molar-refractivity contribution in [2.45, 2.75) is 16.2 Å². The molecule has 4 aromatic rings. The number of anilines is 2. The number of fused-ring (bicyclic) bond motifs is 3. The van der Waals surface area contributed by atoms with Crippen molar-refractivity contribution in [3.05, 3.63) is 89.5 Å². The summed E-state index contributed by atoms with van der Waals surface area (Å²) in [5.74, 6) is -0.248. The molecule has 1 aliphatic heterocycles. The Balaban J connectivity index is 1.36. The number of hydrogen-bond donors (Lipinski definition) is 1. The first-order chi connectivity index (χ1) is 14.7. The fourth-order valence-electron chi connectivity index (χ4n) is 3.57. The molecule has 0 saturated heterocycles. The van der Waals surface area contributed by atoms with Gasteiger partial charge in [0.2, 0.25) is 5.91 Å². The molecule has 7 heteroatoms. The van der Waals surface area contributed by atoms with Gasteiger partial charge in [-0.1, -0.05) is 48.2 Å². The van der Waals surface area contributed by atoms with Crippen molar-refractivity contribution < 1.29 is 4.79 Å². The van der Waals surface area contributed by atoms with Gasteiger partial charge in [-0.3, -0.25) is 15.0 Å². The number of rotatable bonds is 4. The van der Waals surface area contributed by atoms with Crippen LogP contribution in [0.15, 0.2) is 93.7 Å². The summed E-state index contributed by atoms with van der Waals surface area (Å²) >= 11 is 1.73. The number of nitrogens with zero attached hydrogens (tertiary/aromatic N) is 3. The maximum atomic E-state index is 12.6. The zero-order valence-electron chi connectivity index (χ0n) is 16.0. The summed E-state index contributed by atoms with van der Waals surface area (Å²) < 4.78 is 1.15. The number of carbonyl (C=O) groups is 1. The van der Waals surface area contributed by atoms with E-state index in [1.807, 2.05) is 30.3 Å². The molecule has 6 nitrogen and oxygen atoms in total. The topological polar surface area (TPSA) is 67.2 Å². The van der Waals surface area contributed by atoms with Crippen molar-refractivity contribution in [2.24, 2.45) is 0 Å². The van der Waals surface area contributed by atoms with Crippen molar-refractivity contribution in [2.75, 3.05) is 16.9 Å². The second kappa shape index (κ2) is 7.68. The largest absolute Gasteiger partial charge is 0.339 e. The van der Waals surface area contributed by atoms with Gasteiger partial charge in [0.25, 0.3) is 5.56 Å². The predicted octanol–water partition coefficient (Wildman–Crippen LogP) is 4.16. The number of para-hydroxylation sites is 3. The van der Waals surface area contributed by atoms with Crippen LogP contribution in [0.3, 0.4) is 0 Å². The van der Waals surface area contributed by atoms with Gasteiger partial charge in [0.1, 0.15) is 6.33 Å². The molecule has 5 rings (SSSR count). The summed E-state index contributed by atoms with van der Waals surface area (Å²) in [6, 6.07) is 23.4. The molecule has 0 spiro atoms. The smallest absolute Gasteiger partial charge is 0.280 e. The van der Waals surface area contributed by atoms with E-state index in [1.54, 1.807) is 30.0 Å². The molecule has 1 amide bonds. The van der Waals surface area contributed by atoms with E-state index in [4.69, 9.17) is 0 Å². The Kier molecular flexibility index (Phi) is 4.72. The van der Waals surface area contributed by atoms with Crippen molar-refractivity contribution in [3.8, 4) is 0 Å². The van der Waals surface area contributed by atoms with Gasteiger partial charge in [0.05, 0.1) is 22.3 Å². The zero-order valence-corrected chi connectivity index (χ0v) is 16.8. The minimum Gasteiger partial charge on any atom is -0.339 e. The van der Waals surface area contributed by atoms with Gasteiger partial charge in [-0.05, 0) is 36.4 Å². The molecule has 1 aromatic heterocycles. The number of aromatic nitrogens is 2. The summed E-state index contributed by atoms with van der Waals surface area (Å²) in [5, 5.41) is 0.469. The van der Waals surface area contributed by atoms with E-state index in [2.05, 4.69) is 39.6 Å². The first kappa shape index (κ1) is 18.4. The first-order valence-electron chi connectivity index (χ1n) is 9.60. The number of benzene rings is 3. The fourth-order valence-corrected chi connectivity index (χ4v) is 4.67. The zero-order chi connectivity index (χ0) is 20.5. The minimum atomic E-state index is -0.293. The van der Waals surface area contributed by atoms with E-state index in [1.165, 1.54) is 6.33 Å². The average Bonchev–Trinajstić information content (AvgIpc) is 2.78. The Labute approximate surface area is 177 Å². The van der Waals surface area contributed by atoms with Crippen LogP contribution in [0.25, 0.3) is 10.9 Å². The van der Waals surface area contributed by atoms with E-state index in [0.717, 1.165) is 25.8 Å². The SMILES string of the molecule is O=C(CCN1c2ccccc2Sc2ccccc21)Nn1cnc2ccccc2c1=O. The molecule has 0 aliphatic carbocycles. The van der Waals surface area contributed by atoms with Crippen LogP contribution < -0.4 is 15.9 Å². The second-order valence-corrected chi connectivity index (χ2v) is 7.99. The lowest BCUT2D eigenvalue weighted by atomic mass is 10.2. The van der Waals surface area contributed by atoms with Crippen LogP contribution in [0.1, 0.15) is 6.42 Å². The molecule has 1 N–H and O–H groups in total. The molecule has 0 fully saturated rings. The molecule has 148 valence electrons. The Hall–Kier alpha value is -3.58. The van der Waals surface area contributed by atoms with Crippen LogP contribution >= 0.6 is 11.8 Å². The summed E-state index contributed by atoms with van der Waals surface area (Å²) in [6.45, 7) is 0.496. The highest BCUT2D eigenvalue weighted by atomic mass is 32.2. The summed E-state index contributed by atoms with van der Waals surface area (Å²) in [4.78, 5) is 33.9. The van der Waals surface area contributed by atoms with E-state index >= 15 is 0 Å². The molecule has 0 radical (unpaired) electrons. The van der Waals surface area contributed by atoms with E-state index in [-0.39, 0.29) is 17.9 Å². The van der Waals surface area contributed by atoms with Crippen LogP contribution in [-0.4, -0.2) is 22.1 Å². The van der Waals surface area contributed by atoms with E-state index < -0.39 is 0 Å². The van der Waals surface area contributed by atoms with Crippen molar-refractivity contribution >= 4 is 39.9 Å². The highest BCUT2D eigenvalue weighted by Crippen LogP contribution is 2.47. The number of hydrogen-bond acceptors (Lipinski definition) is 5. The van der Waals surface area contributed by atoms with Gasteiger partial charge < -0.3 is 4.90 Å². The molecule has 30 heavy (non-hydrogen) atoms. The highest BCUT2D eigenvalue weighted by molar-refractivity contribution is 7.99. The Morgan fingerprint density at radius 2 is 1.53 bits per heavy atom. The second-order valence-electron chi connectivity index (χ2n) is 6.91. The standard InChI is InChI=1S/C23H18N4O2S/c28-22(25-27-15-24-17-8-2-1-7-16(17)23(27)29)13-14-26-18-9-3-5-11-20(18)30-21-12-6-4-10-19(21)26/h1-12,15H,13-14H2,(H,25,28). The van der Waals surface area contributed by atoms with Gasteiger partial charge in [-0.25, -0.2) is 9.66 Å². The van der Waals surface area contributed by atoms with Gasteiger partial charge in [-0.15, -0.1) is 0 Å². The predicted molar refractivity (Wildman–Crippen MR) is 119 cm³/mol. The molecule has 3 aromatic carbocycles. The Morgan fingerprint density at radius 3 is 2.27 bits per heavy atom. The molecular formula is C23H18N4O2S. The van der Waals surface area contributed by atoms with Crippen LogP contribution in [-0.2, 0) is 4.79 Å². The van der Waals surface area contributed by atoms with Crippen molar-refractivity contribution in [3.63, 3.8) is 0 Å². The number of carbonyl (C=O) groups excluding carboxylic acids is 1. The van der Waals surface area contributed by atoms with Crippen LogP contribution in [0, 0.1) is 0 Å². The molecule has 0 unspecified atom stereocenters. The Morgan fingerprint density at radius 1 is 0.900 bits per heavy atom. The van der Waals surface area contributed by atoms with Crippen LogP contribution in [0.2, 0.25) is 0 Å². The quantitative estimate of drug-likeness (QED) is 0.543. The third-order valence-corrected chi connectivity index (χ3v) is 6.14. The first-order valence-corrected chi connectivity index (χ1v) is 10.4. The summed E-state index contributed by atoms with van der Waals surface area (Å²) in [7, 11) is 0. The summed E-state index contributed by atoms with van der Waals surface area (Å²) in [6.07, 6.45) is 1.58. The highest BCUT2D eigenvalue weighted by Gasteiger charge is 2.23. The number of nitrogens with one attached hydrogen (secondary N) is 1. The number of amides is 1. The van der Waals surface area contributed by atoms with E-state index in [0.29, 0.717) is 17.4 Å². The molecule has 0 bridgehead atoms. The van der Waals surface area contributed by atoms with Gasteiger partial charge in [-0.2, -0.15) is 0 Å². The normalized spacial score (nSPS) is 12.3. The van der Waals surface area contributed by atoms with Crippen LogP contribution in [0.5, 0.6) is 0 Å². The third kappa shape index (κ3) is 3.33. The van der Waals surface area contributed by atoms with Gasteiger partial charge in [0.15, 0.2) is 0 Å². The third-order valence-electron chi connectivity index (χ3n) is 5.01. The van der Waals surface area contributed by atoms with Gasteiger partial charge >= 0.3 is 0 Å². The lowest BCUT2D eigenvalue weighted by Gasteiger charge is -2.32. The fraction of sp³-hybridized carbons (Fsp3) is 0.0870.